The van der Waals surface area contributed by atoms with Crippen LogP contribution in [-0.4, -0.2) is 11.7 Å². The van der Waals surface area contributed by atoms with Gasteiger partial charge in [-0.05, 0) is 42.7 Å². The van der Waals surface area contributed by atoms with Crippen molar-refractivity contribution in [1.82, 2.24) is 0 Å². The van der Waals surface area contributed by atoms with Gasteiger partial charge in [0.2, 0.25) is 5.91 Å². The molecule has 0 atom stereocenters. The average molecular weight is 313 g/mol. The maximum absolute atomic E-state index is 13.0. The van der Waals surface area contributed by atoms with E-state index in [0.29, 0.717) is 16.8 Å². The first kappa shape index (κ1) is 16.9. The first-order valence-electron chi connectivity index (χ1n) is 7.67. The van der Waals surface area contributed by atoms with Crippen LogP contribution in [0.1, 0.15) is 41.3 Å². The van der Waals surface area contributed by atoms with Crippen LogP contribution in [-0.2, 0) is 11.2 Å². The molecule has 120 valence electrons. The van der Waals surface area contributed by atoms with Crippen molar-refractivity contribution >= 4 is 17.4 Å². The highest BCUT2D eigenvalue weighted by Gasteiger charge is 2.10. The van der Waals surface area contributed by atoms with E-state index in [1.165, 1.54) is 23.8 Å². The van der Waals surface area contributed by atoms with E-state index in [4.69, 9.17) is 0 Å². The van der Waals surface area contributed by atoms with Crippen LogP contribution in [0.2, 0.25) is 0 Å². The van der Waals surface area contributed by atoms with Gasteiger partial charge in [-0.25, -0.2) is 4.39 Å². The molecule has 0 unspecified atom stereocenters. The summed E-state index contributed by atoms with van der Waals surface area (Å²) in [4.78, 5) is 24.0. The second-order valence-electron chi connectivity index (χ2n) is 5.48. The summed E-state index contributed by atoms with van der Waals surface area (Å²) in [5.74, 6) is -0.650. The molecule has 2 rings (SSSR count). The molecule has 0 aliphatic rings. The number of ketones is 1. The number of hydrogen-bond donors (Lipinski definition) is 1. The summed E-state index contributed by atoms with van der Waals surface area (Å²) in [7, 11) is 0. The third kappa shape index (κ3) is 4.74. The number of nitrogens with one attached hydrogen (secondary N) is 1. The molecule has 1 amide bonds. The molecule has 0 radical (unpaired) electrons. The van der Waals surface area contributed by atoms with Gasteiger partial charge in [-0.1, -0.05) is 31.2 Å². The summed E-state index contributed by atoms with van der Waals surface area (Å²) in [6.45, 7) is 3.78. The van der Waals surface area contributed by atoms with Gasteiger partial charge in [0.05, 0.1) is 0 Å². The second-order valence-corrected chi connectivity index (χ2v) is 5.48. The largest absolute Gasteiger partial charge is 0.326 e. The van der Waals surface area contributed by atoms with Crippen molar-refractivity contribution in [3.8, 4) is 0 Å². The van der Waals surface area contributed by atoms with Crippen LogP contribution in [0.5, 0.6) is 0 Å². The van der Waals surface area contributed by atoms with Gasteiger partial charge in [-0.3, -0.25) is 9.59 Å². The highest BCUT2D eigenvalue weighted by Crippen LogP contribution is 2.16. The van der Waals surface area contributed by atoms with E-state index in [1.54, 1.807) is 19.1 Å². The van der Waals surface area contributed by atoms with E-state index in [-0.39, 0.29) is 30.3 Å². The molecule has 2 aromatic carbocycles. The van der Waals surface area contributed by atoms with Crippen LogP contribution in [0.3, 0.4) is 0 Å². The monoisotopic (exact) mass is 313 g/mol. The summed E-state index contributed by atoms with van der Waals surface area (Å²) in [6.07, 6.45) is 1.18. The summed E-state index contributed by atoms with van der Waals surface area (Å²) in [5.41, 5.74) is 3.01. The minimum absolute atomic E-state index is 0.0568. The van der Waals surface area contributed by atoms with Gasteiger partial charge in [0.1, 0.15) is 5.82 Å². The van der Waals surface area contributed by atoms with Gasteiger partial charge in [0, 0.05) is 24.1 Å². The van der Waals surface area contributed by atoms with E-state index in [1.807, 2.05) is 12.1 Å². The molecule has 0 aliphatic carbocycles. The van der Waals surface area contributed by atoms with Crippen molar-refractivity contribution in [2.75, 3.05) is 5.32 Å². The fraction of sp³-hybridized carbons (Fsp3) is 0.263. The van der Waals surface area contributed by atoms with Crippen LogP contribution in [0.4, 0.5) is 10.1 Å². The lowest BCUT2D eigenvalue weighted by atomic mass is 10.0. The minimum atomic E-state index is -0.341. The van der Waals surface area contributed by atoms with Gasteiger partial charge in [-0.15, -0.1) is 0 Å². The zero-order valence-corrected chi connectivity index (χ0v) is 13.4. The number of carbonyl (C=O) groups excluding carboxylic acids is 2. The molecule has 3 nitrogen and oxygen atoms in total. The molecule has 2 aromatic rings. The zero-order chi connectivity index (χ0) is 16.8. The van der Waals surface area contributed by atoms with Crippen molar-refractivity contribution in [2.45, 2.75) is 33.1 Å². The normalized spacial score (nSPS) is 10.4. The number of aryl methyl sites for hydroxylation is 2. The lowest BCUT2D eigenvalue weighted by Crippen LogP contribution is -2.14. The van der Waals surface area contributed by atoms with E-state index in [2.05, 4.69) is 12.2 Å². The number of benzene rings is 2. The van der Waals surface area contributed by atoms with Crippen molar-refractivity contribution in [3.05, 3.63) is 65.0 Å². The van der Waals surface area contributed by atoms with Crippen molar-refractivity contribution in [1.29, 1.82) is 0 Å². The third-order valence-corrected chi connectivity index (χ3v) is 3.73. The van der Waals surface area contributed by atoms with Crippen LogP contribution in [0, 0.1) is 12.7 Å². The van der Waals surface area contributed by atoms with Crippen LogP contribution < -0.4 is 5.32 Å². The molecule has 0 saturated carbocycles. The molecule has 0 heterocycles. The fourth-order valence-electron chi connectivity index (χ4n) is 2.28. The molecule has 0 bridgehead atoms. The first-order chi connectivity index (χ1) is 11.0. The SMILES string of the molecule is CCc1ccc(C(=O)CCC(=O)Nc2ccc(F)cc2C)cc1. The Morgan fingerprint density at radius 2 is 1.74 bits per heavy atom. The number of amides is 1. The van der Waals surface area contributed by atoms with Gasteiger partial charge in [0.25, 0.3) is 0 Å². The number of rotatable bonds is 6. The lowest BCUT2D eigenvalue weighted by molar-refractivity contribution is -0.116. The Balaban J connectivity index is 1.89. The number of Topliss-reactive ketones (excluding diaryl/α,β-unsaturated/α-hetero) is 1. The molecule has 23 heavy (non-hydrogen) atoms. The molecule has 4 heteroatoms. The van der Waals surface area contributed by atoms with E-state index in [9.17, 15) is 14.0 Å². The zero-order valence-electron chi connectivity index (χ0n) is 13.4. The Morgan fingerprint density at radius 3 is 2.35 bits per heavy atom. The molecule has 0 spiro atoms. The fourth-order valence-corrected chi connectivity index (χ4v) is 2.28. The van der Waals surface area contributed by atoms with Gasteiger partial charge >= 0.3 is 0 Å². The van der Waals surface area contributed by atoms with Gasteiger partial charge in [-0.2, -0.15) is 0 Å². The van der Waals surface area contributed by atoms with Crippen LogP contribution in [0.15, 0.2) is 42.5 Å². The third-order valence-electron chi connectivity index (χ3n) is 3.73. The van der Waals surface area contributed by atoms with Gasteiger partial charge < -0.3 is 5.32 Å². The number of anilines is 1. The Kier molecular flexibility index (Phi) is 5.63. The Labute approximate surface area is 135 Å². The maximum atomic E-state index is 13.0. The van der Waals surface area contributed by atoms with Crippen molar-refractivity contribution in [2.24, 2.45) is 0 Å². The molecule has 0 aromatic heterocycles. The predicted molar refractivity (Wildman–Crippen MR) is 89.2 cm³/mol. The predicted octanol–water partition coefficient (Wildman–Crippen LogP) is 4.30. The van der Waals surface area contributed by atoms with Crippen molar-refractivity contribution < 1.29 is 14.0 Å². The highest BCUT2D eigenvalue weighted by atomic mass is 19.1. The Bertz CT molecular complexity index is 708. The van der Waals surface area contributed by atoms with Crippen LogP contribution in [0.25, 0.3) is 0 Å². The minimum Gasteiger partial charge on any atom is -0.326 e. The molecule has 0 aliphatic heterocycles. The number of carbonyl (C=O) groups is 2. The highest BCUT2D eigenvalue weighted by molar-refractivity contribution is 6.00. The maximum Gasteiger partial charge on any atom is 0.224 e. The smallest absolute Gasteiger partial charge is 0.224 e. The van der Waals surface area contributed by atoms with Crippen LogP contribution >= 0.6 is 0 Å². The molecular formula is C19H20FNO2. The Hall–Kier alpha value is -2.49. The second kappa shape index (κ2) is 7.68. The molecular weight excluding hydrogens is 293 g/mol. The summed E-state index contributed by atoms with van der Waals surface area (Å²) in [6, 6.07) is 11.6. The molecule has 0 saturated heterocycles. The first-order valence-corrected chi connectivity index (χ1v) is 7.67. The number of hydrogen-bond acceptors (Lipinski definition) is 2. The standard InChI is InChI=1S/C19H20FNO2/c1-3-14-4-6-15(7-5-14)18(22)10-11-19(23)21-17-9-8-16(20)12-13(17)2/h4-9,12H,3,10-11H2,1-2H3,(H,21,23). The van der Waals surface area contributed by atoms with Gasteiger partial charge in [0.15, 0.2) is 5.78 Å². The topological polar surface area (TPSA) is 46.2 Å². The van der Waals surface area contributed by atoms with E-state index in [0.717, 1.165) is 6.42 Å². The summed E-state index contributed by atoms with van der Waals surface area (Å²) in [5, 5.41) is 2.70. The number of halogens is 1. The Morgan fingerprint density at radius 1 is 1.04 bits per heavy atom. The van der Waals surface area contributed by atoms with Crippen molar-refractivity contribution in [3.63, 3.8) is 0 Å². The lowest BCUT2D eigenvalue weighted by Gasteiger charge is -2.08. The summed E-state index contributed by atoms with van der Waals surface area (Å²) >= 11 is 0. The summed E-state index contributed by atoms with van der Waals surface area (Å²) < 4.78 is 13.0. The molecule has 0 fully saturated rings. The van der Waals surface area contributed by atoms with E-state index >= 15 is 0 Å². The van der Waals surface area contributed by atoms with E-state index < -0.39 is 0 Å². The quantitative estimate of drug-likeness (QED) is 0.808. The molecule has 1 N–H and O–H groups in total. The average Bonchev–Trinajstić information content (AvgIpc) is 2.55.